The Morgan fingerprint density at radius 2 is 2.11 bits per heavy atom. The third-order valence-corrected chi connectivity index (χ3v) is 4.02. The second-order valence-electron chi connectivity index (χ2n) is 4.10. The van der Waals surface area contributed by atoms with Crippen molar-refractivity contribution in [3.8, 4) is 0 Å². The molecule has 104 valence electrons. The van der Waals surface area contributed by atoms with Crippen LogP contribution in [-0.2, 0) is 9.53 Å². The van der Waals surface area contributed by atoms with Gasteiger partial charge in [-0.15, -0.1) is 0 Å². The summed E-state index contributed by atoms with van der Waals surface area (Å²) in [7, 11) is 0. The average Bonchev–Trinajstić information content (AvgIpc) is 2.38. The minimum Gasteiger partial charge on any atom is -0.466 e. The molecule has 0 radical (unpaired) electrons. The van der Waals surface area contributed by atoms with Crippen molar-refractivity contribution >= 4 is 34.5 Å². The fourth-order valence-corrected chi connectivity index (χ4v) is 2.19. The van der Waals surface area contributed by atoms with Gasteiger partial charge in [0, 0.05) is 16.5 Å². The first-order valence-electron chi connectivity index (χ1n) is 6.25. The summed E-state index contributed by atoms with van der Waals surface area (Å²) in [5.74, 6) is -0.321. The molecule has 0 bridgehead atoms. The molecule has 0 aliphatic carbocycles. The summed E-state index contributed by atoms with van der Waals surface area (Å²) in [5.41, 5.74) is 1.76. The molecule has 5 heteroatoms. The van der Waals surface area contributed by atoms with Crippen LogP contribution in [-0.4, -0.2) is 25.0 Å². The smallest absolute Gasteiger partial charge is 0.305 e. The molecule has 0 spiro atoms. The molecule has 1 aromatic carbocycles. The van der Waals surface area contributed by atoms with Crippen LogP contribution in [0.2, 0.25) is 0 Å². The molecule has 1 aromatic rings. The molecule has 0 atom stereocenters. The molecule has 1 rings (SSSR count). The van der Waals surface area contributed by atoms with Crippen LogP contribution in [0.4, 0.5) is 0 Å². The Labute approximate surface area is 127 Å². The quantitative estimate of drug-likeness (QED) is 0.473. The number of ether oxygens (including phenoxy) is 1. The van der Waals surface area contributed by atoms with Crippen molar-refractivity contribution in [3.05, 3.63) is 32.9 Å². The van der Waals surface area contributed by atoms with Crippen LogP contribution in [0.1, 0.15) is 35.7 Å². The maximum Gasteiger partial charge on any atom is 0.305 e. The van der Waals surface area contributed by atoms with Crippen molar-refractivity contribution in [3.63, 3.8) is 0 Å². The van der Waals surface area contributed by atoms with E-state index in [1.54, 1.807) is 13.0 Å². The second-order valence-corrected chi connectivity index (χ2v) is 5.18. The number of halogens is 1. The van der Waals surface area contributed by atoms with E-state index in [1.807, 2.05) is 19.1 Å². The number of hydrogen-bond donors (Lipinski definition) is 1. The molecule has 0 unspecified atom stereocenters. The lowest BCUT2D eigenvalue weighted by atomic mass is 10.1. The van der Waals surface area contributed by atoms with Crippen LogP contribution in [0.15, 0.2) is 18.2 Å². The molecular weight excluding hydrogens is 357 g/mol. The minimum atomic E-state index is -0.220. The number of hydrogen-bond acceptors (Lipinski definition) is 3. The van der Waals surface area contributed by atoms with Gasteiger partial charge < -0.3 is 10.1 Å². The lowest BCUT2D eigenvalue weighted by Crippen LogP contribution is -2.26. The van der Waals surface area contributed by atoms with E-state index in [0.717, 1.165) is 9.13 Å². The van der Waals surface area contributed by atoms with E-state index in [2.05, 4.69) is 27.9 Å². The molecule has 19 heavy (non-hydrogen) atoms. The van der Waals surface area contributed by atoms with E-state index < -0.39 is 0 Å². The monoisotopic (exact) mass is 375 g/mol. The van der Waals surface area contributed by atoms with Crippen LogP contribution >= 0.6 is 22.6 Å². The molecule has 0 aromatic heterocycles. The van der Waals surface area contributed by atoms with E-state index >= 15 is 0 Å². The highest BCUT2D eigenvalue weighted by atomic mass is 127. The minimum absolute atomic E-state index is 0.100. The van der Waals surface area contributed by atoms with Gasteiger partial charge in [-0.2, -0.15) is 0 Å². The van der Waals surface area contributed by atoms with Gasteiger partial charge in [0.2, 0.25) is 0 Å². The zero-order chi connectivity index (χ0) is 14.3. The Hall–Kier alpha value is -1.11. The number of nitrogens with one attached hydrogen (secondary N) is 1. The topological polar surface area (TPSA) is 55.4 Å². The number of carbonyl (C=O) groups is 2. The number of rotatable bonds is 6. The summed E-state index contributed by atoms with van der Waals surface area (Å²) in [6, 6.07) is 5.64. The fraction of sp³-hybridized carbons (Fsp3) is 0.429. The first-order chi connectivity index (χ1) is 9.06. The lowest BCUT2D eigenvalue weighted by molar-refractivity contribution is -0.143. The molecule has 0 aliphatic heterocycles. The Morgan fingerprint density at radius 3 is 2.79 bits per heavy atom. The summed E-state index contributed by atoms with van der Waals surface area (Å²) in [4.78, 5) is 23.1. The third-order valence-electron chi connectivity index (χ3n) is 2.58. The normalized spacial score (nSPS) is 10.1. The molecule has 1 N–H and O–H groups in total. The van der Waals surface area contributed by atoms with Crippen molar-refractivity contribution in [1.82, 2.24) is 5.32 Å². The van der Waals surface area contributed by atoms with Gasteiger partial charge >= 0.3 is 5.97 Å². The molecule has 0 saturated carbocycles. The molecule has 0 saturated heterocycles. The van der Waals surface area contributed by atoms with Crippen LogP contribution in [0.5, 0.6) is 0 Å². The van der Waals surface area contributed by atoms with Crippen molar-refractivity contribution < 1.29 is 14.3 Å². The lowest BCUT2D eigenvalue weighted by Gasteiger charge is -2.08. The van der Waals surface area contributed by atoms with Gasteiger partial charge in [0.15, 0.2) is 0 Å². The van der Waals surface area contributed by atoms with Crippen molar-refractivity contribution in [2.75, 3.05) is 13.2 Å². The standard InChI is InChI=1S/C14H18INO3/c1-3-19-12(17)8-5-9-16-14(18)11-7-4-6-10(2)13(11)15/h4,6-7H,3,5,8-9H2,1-2H3,(H,16,18). The summed E-state index contributed by atoms with van der Waals surface area (Å²) < 4.78 is 5.78. The number of amides is 1. The van der Waals surface area contributed by atoms with Gasteiger partial charge in [-0.25, -0.2) is 0 Å². The fourth-order valence-electron chi connectivity index (χ4n) is 1.59. The van der Waals surface area contributed by atoms with Crippen LogP contribution < -0.4 is 5.32 Å². The van der Waals surface area contributed by atoms with Crippen LogP contribution in [0, 0.1) is 10.5 Å². The Balaban J connectivity index is 2.40. The highest BCUT2D eigenvalue weighted by Gasteiger charge is 2.10. The summed E-state index contributed by atoms with van der Waals surface area (Å²) >= 11 is 2.17. The van der Waals surface area contributed by atoms with E-state index in [1.165, 1.54) is 0 Å². The molecule has 0 heterocycles. The van der Waals surface area contributed by atoms with Crippen molar-refractivity contribution in [1.29, 1.82) is 0 Å². The van der Waals surface area contributed by atoms with Crippen LogP contribution in [0.25, 0.3) is 0 Å². The predicted molar refractivity (Wildman–Crippen MR) is 82.1 cm³/mol. The Morgan fingerprint density at radius 1 is 1.37 bits per heavy atom. The third kappa shape index (κ3) is 5.18. The van der Waals surface area contributed by atoms with Gasteiger partial charge in [0.1, 0.15) is 0 Å². The average molecular weight is 375 g/mol. The number of carbonyl (C=O) groups excluding carboxylic acids is 2. The second kappa shape index (κ2) is 8.14. The zero-order valence-corrected chi connectivity index (χ0v) is 13.3. The van der Waals surface area contributed by atoms with Crippen LogP contribution in [0.3, 0.4) is 0 Å². The summed E-state index contributed by atoms with van der Waals surface area (Å²) in [6.45, 7) is 4.62. The SMILES string of the molecule is CCOC(=O)CCCNC(=O)c1cccc(C)c1I. The van der Waals surface area contributed by atoms with E-state index in [-0.39, 0.29) is 11.9 Å². The van der Waals surface area contributed by atoms with Gasteiger partial charge in [-0.3, -0.25) is 9.59 Å². The van der Waals surface area contributed by atoms with E-state index in [9.17, 15) is 9.59 Å². The van der Waals surface area contributed by atoms with Crippen molar-refractivity contribution in [2.24, 2.45) is 0 Å². The van der Waals surface area contributed by atoms with Gasteiger partial charge in [0.05, 0.1) is 12.2 Å². The molecule has 1 amide bonds. The largest absolute Gasteiger partial charge is 0.466 e. The van der Waals surface area contributed by atoms with E-state index in [0.29, 0.717) is 31.6 Å². The predicted octanol–water partition coefficient (Wildman–Crippen LogP) is 2.67. The zero-order valence-electron chi connectivity index (χ0n) is 11.2. The Kier molecular flexibility index (Phi) is 6.83. The molecule has 4 nitrogen and oxygen atoms in total. The highest BCUT2D eigenvalue weighted by Crippen LogP contribution is 2.16. The van der Waals surface area contributed by atoms with Gasteiger partial charge in [0.25, 0.3) is 5.91 Å². The number of esters is 1. The van der Waals surface area contributed by atoms with Crippen molar-refractivity contribution in [2.45, 2.75) is 26.7 Å². The van der Waals surface area contributed by atoms with Gasteiger partial charge in [-0.1, -0.05) is 12.1 Å². The first-order valence-corrected chi connectivity index (χ1v) is 7.33. The highest BCUT2D eigenvalue weighted by molar-refractivity contribution is 14.1. The first kappa shape index (κ1) is 15.9. The van der Waals surface area contributed by atoms with E-state index in [4.69, 9.17) is 4.74 Å². The molecule has 0 fully saturated rings. The summed E-state index contributed by atoms with van der Waals surface area (Å²) in [6.07, 6.45) is 0.923. The van der Waals surface area contributed by atoms with Gasteiger partial charge in [-0.05, 0) is 54.5 Å². The number of aryl methyl sites for hydroxylation is 1. The molecule has 0 aliphatic rings. The molecular formula is C14H18INO3. The summed E-state index contributed by atoms with van der Waals surface area (Å²) in [5, 5.41) is 2.81. The number of benzene rings is 1. The maximum atomic E-state index is 12.0. The maximum absolute atomic E-state index is 12.0. The Bertz CT molecular complexity index is 460.